The average Bonchev–Trinajstić information content (AvgIpc) is 3.17. The molecule has 4 fully saturated rings. The summed E-state index contributed by atoms with van der Waals surface area (Å²) in [6, 6.07) is 0.682. The number of alkyl halides is 3. The molecule has 176 valence electrons. The summed E-state index contributed by atoms with van der Waals surface area (Å²) < 4.78 is 39.4. The lowest BCUT2D eigenvalue weighted by atomic mass is 9.75. The smallest absolute Gasteiger partial charge is 0.337 e. The fourth-order valence-corrected chi connectivity index (χ4v) is 6.11. The maximum absolute atomic E-state index is 13.1. The zero-order chi connectivity index (χ0) is 22.3. The summed E-state index contributed by atoms with van der Waals surface area (Å²) in [4.78, 5) is 14.4. The van der Waals surface area contributed by atoms with Gasteiger partial charge in [-0.15, -0.1) is 0 Å². The third-order valence-electron chi connectivity index (χ3n) is 7.85. The first-order valence-electron chi connectivity index (χ1n) is 11.6. The lowest BCUT2D eigenvalue weighted by Gasteiger charge is -2.52. The largest absolute Gasteiger partial charge is 0.391 e. The van der Waals surface area contributed by atoms with Gasteiger partial charge in [-0.05, 0) is 57.3 Å². The van der Waals surface area contributed by atoms with Crippen molar-refractivity contribution < 1.29 is 18.0 Å². The Labute approximate surface area is 182 Å². The van der Waals surface area contributed by atoms with Crippen LogP contribution in [0, 0.1) is 17.8 Å². The number of halogens is 3. The Kier molecular flexibility index (Phi) is 6.68. The van der Waals surface area contributed by atoms with Crippen LogP contribution in [0.5, 0.6) is 0 Å². The molecule has 9 heteroatoms. The predicted octanol–water partition coefficient (Wildman–Crippen LogP) is 2.24. The molecule has 0 spiro atoms. The lowest BCUT2D eigenvalue weighted by Crippen LogP contribution is -2.73. The number of nitrogens with zero attached hydrogens (tertiary/aromatic N) is 2. The van der Waals surface area contributed by atoms with Crippen molar-refractivity contribution >= 4 is 5.91 Å². The van der Waals surface area contributed by atoms with Crippen LogP contribution in [-0.4, -0.2) is 73.0 Å². The maximum Gasteiger partial charge on any atom is 0.391 e. The maximum atomic E-state index is 13.1. The van der Waals surface area contributed by atoms with E-state index in [0.29, 0.717) is 36.9 Å². The summed E-state index contributed by atoms with van der Waals surface area (Å²) >= 11 is 0. The van der Waals surface area contributed by atoms with E-state index >= 15 is 0 Å². The standard InChI is InChI=1S/C22H36F3N5O/c1-13(2)21(31)30-11-8-16-18(12-30)26-20(27-19(16)17-9-10-29(3)28-17)14-4-6-15(7-5-14)22(23,24)25/h14-20,26-28H,1,4-12H2,2-3H3. The van der Waals surface area contributed by atoms with Crippen LogP contribution in [0.15, 0.2) is 12.2 Å². The summed E-state index contributed by atoms with van der Waals surface area (Å²) in [7, 11) is 2.04. The van der Waals surface area contributed by atoms with Crippen molar-refractivity contribution in [3.63, 3.8) is 0 Å². The molecule has 3 saturated heterocycles. The Morgan fingerprint density at radius 3 is 2.29 bits per heavy atom. The summed E-state index contributed by atoms with van der Waals surface area (Å²) in [5.41, 5.74) is 4.11. The van der Waals surface area contributed by atoms with Crippen LogP contribution in [-0.2, 0) is 4.79 Å². The molecule has 1 saturated carbocycles. The number of hydrazine groups is 1. The van der Waals surface area contributed by atoms with Crippen LogP contribution in [0.4, 0.5) is 13.2 Å². The van der Waals surface area contributed by atoms with Gasteiger partial charge in [0.15, 0.2) is 0 Å². The Balaban J connectivity index is 1.47. The molecule has 1 aliphatic carbocycles. The van der Waals surface area contributed by atoms with E-state index < -0.39 is 12.1 Å². The van der Waals surface area contributed by atoms with E-state index in [1.807, 2.05) is 11.9 Å². The first-order valence-corrected chi connectivity index (χ1v) is 11.6. The minimum atomic E-state index is -4.09. The topological polar surface area (TPSA) is 59.6 Å². The van der Waals surface area contributed by atoms with E-state index in [2.05, 4.69) is 27.6 Å². The average molecular weight is 444 g/mol. The third kappa shape index (κ3) is 4.94. The van der Waals surface area contributed by atoms with Crippen LogP contribution in [0.25, 0.3) is 0 Å². The number of hydrogen-bond donors (Lipinski definition) is 3. The van der Waals surface area contributed by atoms with Gasteiger partial charge in [-0.25, -0.2) is 5.01 Å². The molecule has 0 aromatic carbocycles. The predicted molar refractivity (Wildman–Crippen MR) is 113 cm³/mol. The van der Waals surface area contributed by atoms with E-state index in [0.717, 1.165) is 25.9 Å². The number of fused-ring (bicyclic) bond motifs is 1. The molecule has 6 nitrogen and oxygen atoms in total. The van der Waals surface area contributed by atoms with Crippen molar-refractivity contribution in [2.75, 3.05) is 26.7 Å². The second-order valence-electron chi connectivity index (χ2n) is 10.0. The lowest BCUT2D eigenvalue weighted by molar-refractivity contribution is -0.185. The number of carbonyl (C=O) groups is 1. The molecule has 5 atom stereocenters. The van der Waals surface area contributed by atoms with Gasteiger partial charge in [-0.2, -0.15) is 13.2 Å². The molecule has 5 unspecified atom stereocenters. The van der Waals surface area contributed by atoms with E-state index in [1.54, 1.807) is 6.92 Å². The fourth-order valence-electron chi connectivity index (χ4n) is 6.11. The van der Waals surface area contributed by atoms with Crippen LogP contribution < -0.4 is 16.1 Å². The summed E-state index contributed by atoms with van der Waals surface area (Å²) in [6.07, 6.45) is -0.598. The number of hydrogen-bond acceptors (Lipinski definition) is 5. The highest BCUT2D eigenvalue weighted by molar-refractivity contribution is 5.92. The highest BCUT2D eigenvalue weighted by atomic mass is 19.4. The number of rotatable bonds is 3. The molecule has 0 aromatic heterocycles. The minimum Gasteiger partial charge on any atom is -0.337 e. The second kappa shape index (κ2) is 9.00. The first-order chi connectivity index (χ1) is 14.6. The summed E-state index contributed by atoms with van der Waals surface area (Å²) in [5.74, 6) is -0.620. The minimum absolute atomic E-state index is 0.00343. The van der Waals surface area contributed by atoms with Crippen molar-refractivity contribution in [3.05, 3.63) is 12.2 Å². The number of piperidine rings is 1. The van der Waals surface area contributed by atoms with Crippen molar-refractivity contribution in [1.82, 2.24) is 26.0 Å². The molecule has 3 aliphatic heterocycles. The monoisotopic (exact) mass is 443 g/mol. The summed E-state index contributed by atoms with van der Waals surface area (Å²) in [5, 5.41) is 9.63. The van der Waals surface area contributed by atoms with Gasteiger partial charge in [0.25, 0.3) is 0 Å². The molecular weight excluding hydrogens is 407 g/mol. The van der Waals surface area contributed by atoms with Gasteiger partial charge in [-0.1, -0.05) is 6.58 Å². The SMILES string of the molecule is C=C(C)C(=O)N1CCC2C(C1)NC(C1CCC(C(F)(F)F)CC1)NC2C1CCN(C)N1. The van der Waals surface area contributed by atoms with Crippen LogP contribution in [0.2, 0.25) is 0 Å². The molecule has 3 N–H and O–H groups in total. The van der Waals surface area contributed by atoms with Crippen LogP contribution in [0.3, 0.4) is 0 Å². The second-order valence-corrected chi connectivity index (χ2v) is 10.0. The Bertz CT molecular complexity index is 679. The zero-order valence-electron chi connectivity index (χ0n) is 18.5. The molecule has 4 aliphatic rings. The van der Waals surface area contributed by atoms with E-state index in [9.17, 15) is 18.0 Å². The quantitative estimate of drug-likeness (QED) is 0.584. The van der Waals surface area contributed by atoms with E-state index in [-0.39, 0.29) is 42.9 Å². The fraction of sp³-hybridized carbons (Fsp3) is 0.864. The number of amides is 1. The highest BCUT2D eigenvalue weighted by Gasteiger charge is 2.48. The molecule has 3 heterocycles. The number of nitrogens with one attached hydrogen (secondary N) is 3. The van der Waals surface area contributed by atoms with Gasteiger partial charge in [-0.3, -0.25) is 20.9 Å². The third-order valence-corrected chi connectivity index (χ3v) is 7.85. The van der Waals surface area contributed by atoms with Crippen LogP contribution >= 0.6 is 0 Å². The Hall–Kier alpha value is -1.16. The zero-order valence-corrected chi connectivity index (χ0v) is 18.5. The van der Waals surface area contributed by atoms with Gasteiger partial charge < -0.3 is 4.90 Å². The van der Waals surface area contributed by atoms with Gasteiger partial charge >= 0.3 is 6.18 Å². The molecule has 4 rings (SSSR count). The highest BCUT2D eigenvalue weighted by Crippen LogP contribution is 2.41. The van der Waals surface area contributed by atoms with Gasteiger partial charge in [0.2, 0.25) is 5.91 Å². The molecular formula is C22H36F3N5O. The normalized spacial score (nSPS) is 39.9. The van der Waals surface area contributed by atoms with Crippen molar-refractivity contribution in [2.45, 2.75) is 75.9 Å². The van der Waals surface area contributed by atoms with Gasteiger partial charge in [0, 0.05) is 50.4 Å². The van der Waals surface area contributed by atoms with Crippen molar-refractivity contribution in [2.24, 2.45) is 17.8 Å². The number of likely N-dealkylation sites (tertiary alicyclic amines) is 1. The summed E-state index contributed by atoms with van der Waals surface area (Å²) in [6.45, 7) is 7.88. The van der Waals surface area contributed by atoms with Gasteiger partial charge in [0.1, 0.15) is 0 Å². The Morgan fingerprint density at radius 1 is 1.00 bits per heavy atom. The molecule has 1 amide bonds. The molecule has 0 aromatic rings. The Morgan fingerprint density at radius 2 is 1.71 bits per heavy atom. The molecule has 31 heavy (non-hydrogen) atoms. The van der Waals surface area contributed by atoms with E-state index in [4.69, 9.17) is 0 Å². The van der Waals surface area contributed by atoms with Crippen molar-refractivity contribution in [3.8, 4) is 0 Å². The van der Waals surface area contributed by atoms with E-state index in [1.165, 1.54) is 0 Å². The van der Waals surface area contributed by atoms with Crippen molar-refractivity contribution in [1.29, 1.82) is 0 Å². The number of carbonyl (C=O) groups excluding carboxylic acids is 1. The first kappa shape index (κ1) is 23.0. The molecule has 0 bridgehead atoms. The van der Waals surface area contributed by atoms with Gasteiger partial charge in [0.05, 0.1) is 12.1 Å². The molecule has 0 radical (unpaired) electrons. The van der Waals surface area contributed by atoms with Crippen LogP contribution in [0.1, 0.15) is 45.4 Å².